The third kappa shape index (κ3) is 4.69. The quantitative estimate of drug-likeness (QED) is 0.731. The lowest BCUT2D eigenvalue weighted by atomic mass is 9.74. The van der Waals surface area contributed by atoms with Gasteiger partial charge in [0, 0.05) is 29.5 Å². The second kappa shape index (κ2) is 6.48. The minimum absolute atomic E-state index is 0.0533. The Morgan fingerprint density at radius 1 is 1.14 bits per heavy atom. The van der Waals surface area contributed by atoms with Gasteiger partial charge in [-0.25, -0.2) is 0 Å². The van der Waals surface area contributed by atoms with E-state index in [-0.39, 0.29) is 29.0 Å². The minimum atomic E-state index is -0.0533. The van der Waals surface area contributed by atoms with Crippen LogP contribution in [0.3, 0.4) is 0 Å². The van der Waals surface area contributed by atoms with Gasteiger partial charge < -0.3 is 15.7 Å². The summed E-state index contributed by atoms with van der Waals surface area (Å²) in [6.45, 7) is 9.72. The summed E-state index contributed by atoms with van der Waals surface area (Å²) in [5, 5.41) is 16.4. The van der Waals surface area contributed by atoms with Crippen LogP contribution in [0.5, 0.6) is 0 Å². The summed E-state index contributed by atoms with van der Waals surface area (Å²) in [6, 6.07) is 0. The van der Waals surface area contributed by atoms with Gasteiger partial charge in [-0.1, -0.05) is 12.8 Å². The van der Waals surface area contributed by atoms with Crippen molar-refractivity contribution < 1.29 is 9.90 Å². The molecule has 4 heteroatoms. The van der Waals surface area contributed by atoms with Crippen molar-refractivity contribution >= 4 is 5.91 Å². The summed E-state index contributed by atoms with van der Waals surface area (Å²) in [6.07, 6.45) is 7.11. The number of hydrogen-bond acceptors (Lipinski definition) is 3. The van der Waals surface area contributed by atoms with E-state index >= 15 is 0 Å². The Balaban J connectivity index is 1.84. The Bertz CT molecular complexity index is 382. The first-order chi connectivity index (χ1) is 10.2. The predicted octanol–water partition coefficient (Wildman–Crippen LogP) is 2.60. The van der Waals surface area contributed by atoms with Crippen LogP contribution in [-0.2, 0) is 4.79 Å². The average molecular weight is 310 g/mol. The number of hydrogen-bond donors (Lipinski definition) is 3. The molecule has 2 fully saturated rings. The van der Waals surface area contributed by atoms with Gasteiger partial charge in [-0.3, -0.25) is 4.79 Å². The molecule has 1 saturated carbocycles. The first-order valence-corrected chi connectivity index (χ1v) is 8.82. The van der Waals surface area contributed by atoms with E-state index < -0.39 is 0 Å². The highest BCUT2D eigenvalue weighted by Gasteiger charge is 2.38. The molecule has 128 valence electrons. The van der Waals surface area contributed by atoms with Gasteiger partial charge in [-0.15, -0.1) is 0 Å². The molecule has 4 nitrogen and oxygen atoms in total. The zero-order valence-corrected chi connectivity index (χ0v) is 14.8. The predicted molar refractivity (Wildman–Crippen MR) is 89.6 cm³/mol. The molecule has 3 N–H and O–H groups in total. The van der Waals surface area contributed by atoms with Gasteiger partial charge in [0.15, 0.2) is 0 Å². The van der Waals surface area contributed by atoms with Crippen LogP contribution >= 0.6 is 0 Å². The molecule has 0 aromatic carbocycles. The lowest BCUT2D eigenvalue weighted by Crippen LogP contribution is -2.58. The molecule has 2 aliphatic rings. The third-order valence-electron chi connectivity index (χ3n) is 5.41. The van der Waals surface area contributed by atoms with E-state index in [0.29, 0.717) is 18.9 Å². The molecule has 0 atom stereocenters. The molecule has 0 spiro atoms. The Morgan fingerprint density at radius 3 is 2.18 bits per heavy atom. The van der Waals surface area contributed by atoms with Crippen LogP contribution in [0.15, 0.2) is 0 Å². The van der Waals surface area contributed by atoms with Gasteiger partial charge in [-0.2, -0.15) is 0 Å². The van der Waals surface area contributed by atoms with E-state index in [4.69, 9.17) is 0 Å². The van der Waals surface area contributed by atoms with Gasteiger partial charge in [-0.05, 0) is 59.3 Å². The highest BCUT2D eigenvalue weighted by atomic mass is 16.3. The highest BCUT2D eigenvalue weighted by molar-refractivity contribution is 5.76. The van der Waals surface area contributed by atoms with Crippen LogP contribution in [0.4, 0.5) is 0 Å². The molecular weight excluding hydrogens is 276 g/mol. The number of piperidine rings is 1. The Kier molecular flexibility index (Phi) is 5.23. The van der Waals surface area contributed by atoms with E-state index in [1.165, 1.54) is 12.8 Å². The molecular formula is C18H34N2O2. The van der Waals surface area contributed by atoms with Gasteiger partial charge in [0.05, 0.1) is 6.61 Å². The molecule has 2 rings (SSSR count). The van der Waals surface area contributed by atoms with Crippen LogP contribution in [-0.4, -0.2) is 35.2 Å². The van der Waals surface area contributed by atoms with E-state index in [2.05, 4.69) is 38.3 Å². The smallest absolute Gasteiger partial charge is 0.220 e. The number of nitrogens with one attached hydrogen (secondary N) is 2. The molecule has 1 aliphatic carbocycles. The number of carbonyl (C=O) groups is 1. The highest BCUT2D eigenvalue weighted by Crippen LogP contribution is 2.37. The fourth-order valence-corrected chi connectivity index (χ4v) is 4.81. The molecule has 0 unspecified atom stereocenters. The Hall–Kier alpha value is -0.610. The van der Waals surface area contributed by atoms with E-state index in [9.17, 15) is 9.90 Å². The zero-order valence-electron chi connectivity index (χ0n) is 14.8. The van der Waals surface area contributed by atoms with Crippen molar-refractivity contribution in [3.8, 4) is 0 Å². The number of amides is 1. The summed E-state index contributed by atoms with van der Waals surface area (Å²) in [4.78, 5) is 12.3. The van der Waals surface area contributed by atoms with E-state index in [1.807, 2.05) is 0 Å². The topological polar surface area (TPSA) is 61.4 Å². The van der Waals surface area contributed by atoms with E-state index in [1.54, 1.807) is 0 Å². The Labute approximate surface area is 135 Å². The molecule has 1 saturated heterocycles. The SMILES string of the molecule is CC1(C)CC(CC(=O)NCC2(CO)CCCC2)CC(C)(C)N1. The second-order valence-corrected chi connectivity index (χ2v) is 9.01. The standard InChI is InChI=1S/C18H34N2O2/c1-16(2)10-14(11-17(3,4)20-16)9-15(22)19-12-18(13-21)7-5-6-8-18/h14,20-21H,5-13H2,1-4H3,(H,19,22). The molecule has 0 aromatic heterocycles. The zero-order chi connectivity index (χ0) is 16.4. The maximum atomic E-state index is 12.3. The summed E-state index contributed by atoms with van der Waals surface area (Å²) in [5.74, 6) is 0.582. The second-order valence-electron chi connectivity index (χ2n) is 9.01. The molecule has 0 radical (unpaired) electrons. The van der Waals surface area contributed by atoms with Crippen molar-refractivity contribution in [1.82, 2.24) is 10.6 Å². The molecule has 0 bridgehead atoms. The third-order valence-corrected chi connectivity index (χ3v) is 5.41. The Morgan fingerprint density at radius 2 is 1.68 bits per heavy atom. The van der Waals surface area contributed by atoms with Crippen LogP contribution in [0.2, 0.25) is 0 Å². The molecule has 0 aromatic rings. The molecule has 1 aliphatic heterocycles. The van der Waals surface area contributed by atoms with Crippen LogP contribution in [0, 0.1) is 11.3 Å². The van der Waals surface area contributed by atoms with Gasteiger partial charge in [0.25, 0.3) is 0 Å². The van der Waals surface area contributed by atoms with Crippen LogP contribution in [0.1, 0.15) is 72.6 Å². The number of rotatable bonds is 5. The average Bonchev–Trinajstić information content (AvgIpc) is 2.82. The molecule has 1 amide bonds. The van der Waals surface area contributed by atoms with Crippen molar-refractivity contribution in [3.05, 3.63) is 0 Å². The number of aliphatic hydroxyl groups is 1. The van der Waals surface area contributed by atoms with Crippen molar-refractivity contribution in [1.29, 1.82) is 0 Å². The summed E-state index contributed by atoms with van der Waals surface area (Å²) < 4.78 is 0. The van der Waals surface area contributed by atoms with Crippen LogP contribution in [0.25, 0.3) is 0 Å². The summed E-state index contributed by atoms with van der Waals surface area (Å²) >= 11 is 0. The molecule has 1 heterocycles. The maximum absolute atomic E-state index is 12.3. The summed E-state index contributed by atoms with van der Waals surface area (Å²) in [5.41, 5.74) is 0.122. The minimum Gasteiger partial charge on any atom is -0.396 e. The lowest BCUT2D eigenvalue weighted by molar-refractivity contribution is -0.123. The monoisotopic (exact) mass is 310 g/mol. The van der Waals surface area contributed by atoms with Gasteiger partial charge >= 0.3 is 0 Å². The van der Waals surface area contributed by atoms with Crippen molar-refractivity contribution in [3.63, 3.8) is 0 Å². The maximum Gasteiger partial charge on any atom is 0.220 e. The first-order valence-electron chi connectivity index (χ1n) is 8.82. The van der Waals surface area contributed by atoms with Crippen LogP contribution < -0.4 is 10.6 Å². The summed E-state index contributed by atoms with van der Waals surface area (Å²) in [7, 11) is 0. The lowest BCUT2D eigenvalue weighted by Gasteiger charge is -2.46. The van der Waals surface area contributed by atoms with Gasteiger partial charge in [0.2, 0.25) is 5.91 Å². The van der Waals surface area contributed by atoms with E-state index in [0.717, 1.165) is 25.7 Å². The first kappa shape index (κ1) is 17.7. The normalized spacial score (nSPS) is 26.8. The van der Waals surface area contributed by atoms with Crippen molar-refractivity contribution in [2.75, 3.05) is 13.2 Å². The number of carbonyl (C=O) groups excluding carboxylic acids is 1. The van der Waals surface area contributed by atoms with Gasteiger partial charge in [0.1, 0.15) is 0 Å². The largest absolute Gasteiger partial charge is 0.396 e. The van der Waals surface area contributed by atoms with Crippen molar-refractivity contribution in [2.45, 2.75) is 83.7 Å². The fraction of sp³-hybridized carbons (Fsp3) is 0.944. The fourth-order valence-electron chi connectivity index (χ4n) is 4.81. The molecule has 22 heavy (non-hydrogen) atoms. The van der Waals surface area contributed by atoms with Crippen molar-refractivity contribution in [2.24, 2.45) is 11.3 Å². The number of aliphatic hydroxyl groups excluding tert-OH is 1.